The topological polar surface area (TPSA) is 57.7 Å². The molecule has 0 radical (unpaired) electrons. The van der Waals surface area contributed by atoms with Crippen molar-refractivity contribution in [3.63, 3.8) is 0 Å². The molecule has 1 aliphatic rings. The summed E-state index contributed by atoms with van der Waals surface area (Å²) in [5.74, 6) is 0.0750. The minimum absolute atomic E-state index is 0.0231. The van der Waals surface area contributed by atoms with Gasteiger partial charge in [-0.25, -0.2) is 8.42 Å². The molecule has 1 fully saturated rings. The minimum atomic E-state index is -3.19. The maximum atomic E-state index is 13.0. The number of carbonyl (C=O) groups is 1. The summed E-state index contributed by atoms with van der Waals surface area (Å²) < 4.78 is 25.4. The maximum absolute atomic E-state index is 13.0. The third-order valence-electron chi connectivity index (χ3n) is 4.77. The Morgan fingerprint density at radius 1 is 0.923 bits per heavy atom. The van der Waals surface area contributed by atoms with Gasteiger partial charge < -0.3 is 4.90 Å². The normalized spacial score (nSPS) is 15.8. The van der Waals surface area contributed by atoms with Gasteiger partial charge in [-0.3, -0.25) is 4.79 Å². The molecule has 26 heavy (non-hydrogen) atoms. The van der Waals surface area contributed by atoms with Gasteiger partial charge in [0.2, 0.25) is 10.0 Å². The molecule has 0 atom stereocenters. The summed E-state index contributed by atoms with van der Waals surface area (Å²) in [5.41, 5.74) is 2.85. The fourth-order valence-electron chi connectivity index (χ4n) is 3.22. The van der Waals surface area contributed by atoms with E-state index in [2.05, 4.69) is 12.1 Å². The lowest BCUT2D eigenvalue weighted by Crippen LogP contribution is -2.51. The van der Waals surface area contributed by atoms with Crippen LogP contribution in [0.1, 0.15) is 28.4 Å². The molecule has 1 amide bonds. The second-order valence-corrected chi connectivity index (χ2v) is 8.67. The Balaban J connectivity index is 1.73. The molecule has 1 heterocycles. The third kappa shape index (κ3) is 4.14. The average Bonchev–Trinajstić information content (AvgIpc) is 2.69. The first kappa shape index (κ1) is 18.6. The van der Waals surface area contributed by atoms with Crippen molar-refractivity contribution in [3.8, 4) is 0 Å². The van der Waals surface area contributed by atoms with Gasteiger partial charge in [0.1, 0.15) is 0 Å². The first-order valence-corrected chi connectivity index (χ1v) is 10.5. The molecule has 5 nitrogen and oxygen atoms in total. The quantitative estimate of drug-likeness (QED) is 0.810. The number of hydrogen-bond acceptors (Lipinski definition) is 3. The molecule has 3 rings (SSSR count). The zero-order valence-corrected chi connectivity index (χ0v) is 15.8. The second kappa shape index (κ2) is 8.01. The summed E-state index contributed by atoms with van der Waals surface area (Å²) in [4.78, 5) is 14.8. The Morgan fingerprint density at radius 2 is 1.54 bits per heavy atom. The molecule has 0 unspecified atom stereocenters. The SMILES string of the molecule is CCS(=O)(=O)N1CCN(C(=O)c2ccccc2Cc2ccccc2)CC1. The van der Waals surface area contributed by atoms with Crippen LogP contribution in [0.5, 0.6) is 0 Å². The summed E-state index contributed by atoms with van der Waals surface area (Å²) in [6.45, 7) is 3.23. The first-order valence-electron chi connectivity index (χ1n) is 8.90. The summed E-state index contributed by atoms with van der Waals surface area (Å²) in [6, 6.07) is 17.7. The highest BCUT2D eigenvalue weighted by Gasteiger charge is 2.28. The summed E-state index contributed by atoms with van der Waals surface area (Å²) in [5, 5.41) is 0. The lowest BCUT2D eigenvalue weighted by molar-refractivity contribution is 0.0697. The maximum Gasteiger partial charge on any atom is 0.254 e. The zero-order chi connectivity index (χ0) is 18.6. The van der Waals surface area contributed by atoms with Crippen LogP contribution < -0.4 is 0 Å². The summed E-state index contributed by atoms with van der Waals surface area (Å²) >= 11 is 0. The second-order valence-electron chi connectivity index (χ2n) is 6.41. The number of hydrogen-bond donors (Lipinski definition) is 0. The number of sulfonamides is 1. The van der Waals surface area contributed by atoms with Crippen LogP contribution in [0, 0.1) is 0 Å². The van der Waals surface area contributed by atoms with Crippen molar-refractivity contribution in [2.45, 2.75) is 13.3 Å². The highest BCUT2D eigenvalue weighted by Crippen LogP contribution is 2.18. The van der Waals surface area contributed by atoms with Crippen LogP contribution in [0.2, 0.25) is 0 Å². The van der Waals surface area contributed by atoms with Gasteiger partial charge in [-0.2, -0.15) is 4.31 Å². The standard InChI is InChI=1S/C20H24N2O3S/c1-2-26(24,25)22-14-12-21(13-15-22)20(23)19-11-7-6-10-18(19)16-17-8-4-3-5-9-17/h3-11H,2,12-16H2,1H3. The Hall–Kier alpha value is -2.18. The van der Waals surface area contributed by atoms with E-state index in [0.29, 0.717) is 38.2 Å². The molecule has 0 spiro atoms. The van der Waals surface area contributed by atoms with Crippen LogP contribution in [-0.4, -0.2) is 55.5 Å². The van der Waals surface area contributed by atoms with Gasteiger partial charge in [-0.05, 0) is 30.5 Å². The van der Waals surface area contributed by atoms with Gasteiger partial charge in [0.25, 0.3) is 5.91 Å². The smallest absolute Gasteiger partial charge is 0.254 e. The molecule has 0 saturated carbocycles. The Morgan fingerprint density at radius 3 is 2.19 bits per heavy atom. The third-order valence-corrected chi connectivity index (χ3v) is 6.65. The van der Waals surface area contributed by atoms with Gasteiger partial charge in [-0.15, -0.1) is 0 Å². The lowest BCUT2D eigenvalue weighted by Gasteiger charge is -2.34. The predicted octanol–water partition coefficient (Wildman–Crippen LogP) is 2.38. The molecule has 0 aliphatic carbocycles. The van der Waals surface area contributed by atoms with E-state index in [0.717, 1.165) is 11.1 Å². The summed E-state index contributed by atoms with van der Waals surface area (Å²) in [7, 11) is -3.19. The van der Waals surface area contributed by atoms with E-state index in [4.69, 9.17) is 0 Å². The molecule has 138 valence electrons. The molecule has 1 aliphatic heterocycles. The van der Waals surface area contributed by atoms with Crippen LogP contribution in [0.4, 0.5) is 0 Å². The lowest BCUT2D eigenvalue weighted by atomic mass is 9.99. The van der Waals surface area contributed by atoms with Gasteiger partial charge in [-0.1, -0.05) is 48.5 Å². The fraction of sp³-hybridized carbons (Fsp3) is 0.350. The molecule has 0 bridgehead atoms. The van der Waals surface area contributed by atoms with E-state index in [9.17, 15) is 13.2 Å². The van der Waals surface area contributed by atoms with E-state index < -0.39 is 10.0 Å². The van der Waals surface area contributed by atoms with Crippen molar-refractivity contribution >= 4 is 15.9 Å². The first-order chi connectivity index (χ1) is 12.5. The molecule has 0 aromatic heterocycles. The van der Waals surface area contributed by atoms with Crippen molar-refractivity contribution in [2.24, 2.45) is 0 Å². The highest BCUT2D eigenvalue weighted by atomic mass is 32.2. The van der Waals surface area contributed by atoms with Crippen LogP contribution in [0.25, 0.3) is 0 Å². The van der Waals surface area contributed by atoms with E-state index >= 15 is 0 Å². The van der Waals surface area contributed by atoms with Crippen molar-refractivity contribution < 1.29 is 13.2 Å². The van der Waals surface area contributed by atoms with Gasteiger partial charge in [0.15, 0.2) is 0 Å². The van der Waals surface area contributed by atoms with Crippen LogP contribution in [0.3, 0.4) is 0 Å². The minimum Gasteiger partial charge on any atom is -0.336 e. The number of rotatable bonds is 5. The van der Waals surface area contributed by atoms with Crippen LogP contribution >= 0.6 is 0 Å². The number of piperazine rings is 1. The monoisotopic (exact) mass is 372 g/mol. The van der Waals surface area contributed by atoms with Gasteiger partial charge in [0.05, 0.1) is 5.75 Å². The van der Waals surface area contributed by atoms with Crippen molar-refractivity contribution in [1.29, 1.82) is 0 Å². The number of benzene rings is 2. The number of nitrogens with zero attached hydrogens (tertiary/aromatic N) is 2. The number of amides is 1. The number of carbonyl (C=O) groups excluding carboxylic acids is 1. The fourth-order valence-corrected chi connectivity index (χ4v) is 4.31. The molecule has 1 saturated heterocycles. The van der Waals surface area contributed by atoms with Crippen molar-refractivity contribution in [3.05, 3.63) is 71.3 Å². The predicted molar refractivity (Wildman–Crippen MR) is 103 cm³/mol. The molecule has 2 aromatic carbocycles. The van der Waals surface area contributed by atoms with E-state index in [1.54, 1.807) is 11.8 Å². The zero-order valence-electron chi connectivity index (χ0n) is 15.0. The van der Waals surface area contributed by atoms with Crippen molar-refractivity contribution in [1.82, 2.24) is 9.21 Å². The highest BCUT2D eigenvalue weighted by molar-refractivity contribution is 7.89. The van der Waals surface area contributed by atoms with E-state index in [1.807, 2.05) is 42.5 Å². The van der Waals surface area contributed by atoms with Crippen LogP contribution in [0.15, 0.2) is 54.6 Å². The Labute approximate surface area is 155 Å². The molecule has 2 aromatic rings. The van der Waals surface area contributed by atoms with Crippen molar-refractivity contribution in [2.75, 3.05) is 31.9 Å². The molecule has 0 N–H and O–H groups in total. The van der Waals surface area contributed by atoms with Gasteiger partial charge in [0, 0.05) is 31.7 Å². The van der Waals surface area contributed by atoms with Gasteiger partial charge >= 0.3 is 0 Å². The van der Waals surface area contributed by atoms with Crippen LogP contribution in [-0.2, 0) is 16.4 Å². The molecular weight excluding hydrogens is 348 g/mol. The largest absolute Gasteiger partial charge is 0.336 e. The van der Waals surface area contributed by atoms with E-state index in [-0.39, 0.29) is 11.7 Å². The molecular formula is C20H24N2O3S. The average molecular weight is 372 g/mol. The molecule has 6 heteroatoms. The Kier molecular flexibility index (Phi) is 5.74. The summed E-state index contributed by atoms with van der Waals surface area (Å²) in [6.07, 6.45) is 0.701. The van der Waals surface area contributed by atoms with E-state index in [1.165, 1.54) is 4.31 Å². The Bertz CT molecular complexity index is 858.